The molecular weight excluding hydrogens is 424 g/mol. The third-order valence-electron chi connectivity index (χ3n) is 4.41. The molecule has 0 aliphatic heterocycles. The van der Waals surface area contributed by atoms with E-state index in [4.69, 9.17) is 9.47 Å². The lowest BCUT2D eigenvalue weighted by molar-refractivity contribution is 0.0955. The monoisotopic (exact) mass is 450 g/mol. The Hall–Kier alpha value is -3.39. The second-order valence-electron chi connectivity index (χ2n) is 6.96. The Morgan fingerprint density at radius 3 is 2.44 bits per heavy atom. The number of hydrogen-bond acceptors (Lipinski definition) is 7. The van der Waals surface area contributed by atoms with Crippen molar-refractivity contribution in [2.75, 3.05) is 13.7 Å². The lowest BCUT2D eigenvalue weighted by Gasteiger charge is -2.09. The maximum Gasteiger partial charge on any atom is 0.271 e. The molecule has 7 nitrogen and oxygen atoms in total. The molecule has 8 heteroatoms. The predicted octanol–water partition coefficient (Wildman–Crippen LogP) is 4.56. The van der Waals surface area contributed by atoms with Crippen LogP contribution in [0.4, 0.5) is 0 Å². The van der Waals surface area contributed by atoms with Gasteiger partial charge >= 0.3 is 0 Å². The molecule has 1 heterocycles. The number of nitrogens with one attached hydrogen (secondary N) is 1. The molecule has 0 radical (unpaired) electrons. The number of hydrogen-bond donors (Lipinski definition) is 1. The van der Waals surface area contributed by atoms with Gasteiger partial charge in [-0.05, 0) is 68.3 Å². The number of amides is 1. The summed E-state index contributed by atoms with van der Waals surface area (Å²) in [5.41, 5.74) is 6.85. The highest BCUT2D eigenvalue weighted by Crippen LogP contribution is 2.27. The van der Waals surface area contributed by atoms with E-state index in [2.05, 4.69) is 20.5 Å². The number of benzene rings is 2. The van der Waals surface area contributed by atoms with E-state index < -0.39 is 0 Å². The first kappa shape index (κ1) is 23.3. The van der Waals surface area contributed by atoms with E-state index in [1.165, 1.54) is 0 Å². The number of nitrogens with zero attached hydrogens (tertiary/aromatic N) is 3. The molecule has 1 N–H and O–H groups in total. The van der Waals surface area contributed by atoms with Gasteiger partial charge in [0, 0.05) is 22.7 Å². The first-order chi connectivity index (χ1) is 15.5. The molecule has 32 heavy (non-hydrogen) atoms. The zero-order valence-corrected chi connectivity index (χ0v) is 19.4. The van der Waals surface area contributed by atoms with Gasteiger partial charge in [0.25, 0.3) is 5.91 Å². The largest absolute Gasteiger partial charge is 0.493 e. The van der Waals surface area contributed by atoms with Gasteiger partial charge in [-0.25, -0.2) is 15.4 Å². The average molecular weight is 451 g/mol. The van der Waals surface area contributed by atoms with Crippen molar-refractivity contribution in [2.24, 2.45) is 5.10 Å². The van der Waals surface area contributed by atoms with Crippen LogP contribution in [0.1, 0.15) is 39.8 Å². The molecule has 0 saturated carbocycles. The molecule has 1 aromatic heterocycles. The van der Waals surface area contributed by atoms with Crippen LogP contribution in [0.2, 0.25) is 0 Å². The highest BCUT2D eigenvalue weighted by molar-refractivity contribution is 7.98. The predicted molar refractivity (Wildman–Crippen MR) is 127 cm³/mol. The second kappa shape index (κ2) is 11.3. The Morgan fingerprint density at radius 1 is 1.06 bits per heavy atom. The first-order valence-corrected chi connectivity index (χ1v) is 11.2. The van der Waals surface area contributed by atoms with Crippen molar-refractivity contribution < 1.29 is 14.3 Å². The molecule has 0 aliphatic carbocycles. The standard InChI is InChI=1S/C24H26N4O3S/c1-5-31-21-11-8-19(13-22(21)30-4)14-25-28-23(29)20-9-6-18(7-10-20)15-32-24-26-16(2)12-17(3)27-24/h6-14H,5,15H2,1-4H3,(H,28,29)/b25-14+. The summed E-state index contributed by atoms with van der Waals surface area (Å²) in [7, 11) is 1.58. The Balaban J connectivity index is 1.55. The molecule has 0 unspecified atom stereocenters. The molecule has 0 bridgehead atoms. The van der Waals surface area contributed by atoms with E-state index in [0.717, 1.165) is 33.4 Å². The molecule has 166 valence electrons. The van der Waals surface area contributed by atoms with E-state index in [1.807, 2.05) is 51.1 Å². The van der Waals surface area contributed by atoms with Crippen LogP contribution >= 0.6 is 11.8 Å². The Bertz CT molecular complexity index is 1080. The third kappa shape index (κ3) is 6.55. The number of rotatable bonds is 9. The molecular formula is C24H26N4O3S. The third-order valence-corrected chi connectivity index (χ3v) is 5.33. The fourth-order valence-electron chi connectivity index (χ4n) is 2.93. The van der Waals surface area contributed by atoms with Gasteiger partial charge in [-0.1, -0.05) is 23.9 Å². The van der Waals surface area contributed by atoms with E-state index >= 15 is 0 Å². The molecule has 0 saturated heterocycles. The van der Waals surface area contributed by atoms with Crippen LogP contribution in [0.25, 0.3) is 0 Å². The second-order valence-corrected chi connectivity index (χ2v) is 7.90. The van der Waals surface area contributed by atoms with Crippen LogP contribution in [0.3, 0.4) is 0 Å². The fraction of sp³-hybridized carbons (Fsp3) is 0.250. The van der Waals surface area contributed by atoms with Crippen molar-refractivity contribution in [2.45, 2.75) is 31.7 Å². The van der Waals surface area contributed by atoms with Crippen LogP contribution in [0.5, 0.6) is 11.5 Å². The molecule has 0 atom stereocenters. The lowest BCUT2D eigenvalue weighted by atomic mass is 10.1. The van der Waals surface area contributed by atoms with E-state index in [-0.39, 0.29) is 5.91 Å². The zero-order valence-electron chi connectivity index (χ0n) is 18.6. The van der Waals surface area contributed by atoms with Gasteiger partial charge in [0.1, 0.15) is 0 Å². The number of ether oxygens (including phenoxy) is 2. The van der Waals surface area contributed by atoms with Crippen molar-refractivity contribution in [3.05, 3.63) is 76.6 Å². The van der Waals surface area contributed by atoms with E-state index in [9.17, 15) is 4.79 Å². The Kier molecular flexibility index (Phi) is 8.21. The Morgan fingerprint density at radius 2 is 1.78 bits per heavy atom. The lowest BCUT2D eigenvalue weighted by Crippen LogP contribution is -2.17. The number of aromatic nitrogens is 2. The number of aryl methyl sites for hydroxylation is 2. The highest BCUT2D eigenvalue weighted by atomic mass is 32.2. The van der Waals surface area contributed by atoms with Gasteiger partial charge in [0.05, 0.1) is 19.9 Å². The first-order valence-electron chi connectivity index (χ1n) is 10.2. The van der Waals surface area contributed by atoms with Crippen LogP contribution in [0.15, 0.2) is 58.8 Å². The highest BCUT2D eigenvalue weighted by Gasteiger charge is 2.07. The van der Waals surface area contributed by atoms with Crippen LogP contribution in [-0.4, -0.2) is 35.8 Å². The molecule has 0 aliphatic rings. The minimum Gasteiger partial charge on any atom is -0.493 e. The number of carbonyl (C=O) groups is 1. The van der Waals surface area contributed by atoms with Crippen molar-refractivity contribution >= 4 is 23.9 Å². The maximum absolute atomic E-state index is 12.4. The molecule has 1 amide bonds. The average Bonchev–Trinajstić information content (AvgIpc) is 2.78. The molecule has 3 rings (SSSR count). The van der Waals surface area contributed by atoms with E-state index in [0.29, 0.717) is 23.7 Å². The van der Waals surface area contributed by atoms with Crippen LogP contribution in [-0.2, 0) is 5.75 Å². The summed E-state index contributed by atoms with van der Waals surface area (Å²) < 4.78 is 10.8. The maximum atomic E-state index is 12.4. The number of carbonyl (C=O) groups excluding carboxylic acids is 1. The number of methoxy groups -OCH3 is 1. The fourth-order valence-corrected chi connectivity index (χ4v) is 3.83. The van der Waals surface area contributed by atoms with Crippen molar-refractivity contribution in [3.63, 3.8) is 0 Å². The summed E-state index contributed by atoms with van der Waals surface area (Å²) in [6, 6.07) is 14.8. The van der Waals surface area contributed by atoms with Gasteiger partial charge in [-0.2, -0.15) is 5.10 Å². The minimum absolute atomic E-state index is 0.281. The van der Waals surface area contributed by atoms with Gasteiger partial charge in [-0.3, -0.25) is 4.79 Å². The van der Waals surface area contributed by atoms with Crippen LogP contribution < -0.4 is 14.9 Å². The van der Waals surface area contributed by atoms with Gasteiger partial charge < -0.3 is 9.47 Å². The van der Waals surface area contributed by atoms with Crippen molar-refractivity contribution in [1.29, 1.82) is 0 Å². The Labute approximate surface area is 192 Å². The summed E-state index contributed by atoms with van der Waals surface area (Å²) in [5, 5.41) is 4.80. The van der Waals surface area contributed by atoms with Gasteiger partial charge in [0.15, 0.2) is 16.7 Å². The summed E-state index contributed by atoms with van der Waals surface area (Å²) >= 11 is 1.57. The number of hydrazone groups is 1. The summed E-state index contributed by atoms with van der Waals surface area (Å²) in [6.07, 6.45) is 1.56. The SMILES string of the molecule is CCOc1ccc(/C=N/NC(=O)c2ccc(CSc3nc(C)cc(C)n3)cc2)cc1OC. The van der Waals surface area contributed by atoms with Crippen molar-refractivity contribution in [1.82, 2.24) is 15.4 Å². The zero-order chi connectivity index (χ0) is 22.9. The minimum atomic E-state index is -0.281. The van der Waals surface area contributed by atoms with E-state index in [1.54, 1.807) is 43.3 Å². The topological polar surface area (TPSA) is 85.7 Å². The summed E-state index contributed by atoms with van der Waals surface area (Å²) in [6.45, 7) is 6.38. The normalized spacial score (nSPS) is 10.9. The quantitative estimate of drug-likeness (QED) is 0.223. The molecule has 3 aromatic rings. The smallest absolute Gasteiger partial charge is 0.271 e. The van der Waals surface area contributed by atoms with Gasteiger partial charge in [0.2, 0.25) is 0 Å². The molecule has 0 fully saturated rings. The van der Waals surface area contributed by atoms with Gasteiger partial charge in [-0.15, -0.1) is 0 Å². The number of thioether (sulfide) groups is 1. The summed E-state index contributed by atoms with van der Waals surface area (Å²) in [5.74, 6) is 1.72. The molecule has 0 spiro atoms. The molecule has 2 aromatic carbocycles. The van der Waals surface area contributed by atoms with Crippen molar-refractivity contribution in [3.8, 4) is 11.5 Å². The van der Waals surface area contributed by atoms with Crippen LogP contribution in [0, 0.1) is 13.8 Å². The summed E-state index contributed by atoms with van der Waals surface area (Å²) in [4.78, 5) is 21.2.